The van der Waals surface area contributed by atoms with Crippen LogP contribution >= 0.6 is 0 Å². The molecule has 1 unspecified atom stereocenters. The Labute approximate surface area is 154 Å². The van der Waals surface area contributed by atoms with Crippen LogP contribution in [0.2, 0.25) is 0 Å². The van der Waals surface area contributed by atoms with Crippen LogP contribution < -0.4 is 10.2 Å². The fourth-order valence-corrected chi connectivity index (χ4v) is 3.58. The van der Waals surface area contributed by atoms with Crippen LogP contribution in [0.25, 0.3) is 0 Å². The summed E-state index contributed by atoms with van der Waals surface area (Å²) in [5.41, 5.74) is 4.24. The van der Waals surface area contributed by atoms with Crippen LogP contribution in [0.5, 0.6) is 0 Å². The van der Waals surface area contributed by atoms with Gasteiger partial charge in [-0.25, -0.2) is 0 Å². The lowest BCUT2D eigenvalue weighted by Crippen LogP contribution is -2.37. The molecule has 130 valence electrons. The summed E-state index contributed by atoms with van der Waals surface area (Å²) in [7, 11) is 0. The predicted octanol–water partition coefficient (Wildman–Crippen LogP) is 4.82. The third kappa shape index (κ3) is 3.33. The highest BCUT2D eigenvalue weighted by atomic mass is 16.2. The third-order valence-corrected chi connectivity index (χ3v) is 4.90. The third-order valence-electron chi connectivity index (χ3n) is 4.90. The maximum absolute atomic E-state index is 13.6. The van der Waals surface area contributed by atoms with E-state index < -0.39 is 0 Å². The van der Waals surface area contributed by atoms with Gasteiger partial charge >= 0.3 is 0 Å². The number of amides is 1. The van der Waals surface area contributed by atoms with Crippen LogP contribution in [-0.2, 0) is 11.3 Å². The topological polar surface area (TPSA) is 32.3 Å². The molecule has 1 amide bonds. The second-order valence-corrected chi connectivity index (χ2v) is 6.60. The molecule has 1 heterocycles. The molecule has 3 nitrogen and oxygen atoms in total. The number of anilines is 2. The summed E-state index contributed by atoms with van der Waals surface area (Å²) in [5, 5.41) is 3.41. The number of carbonyl (C=O) groups is 1. The van der Waals surface area contributed by atoms with E-state index in [-0.39, 0.29) is 11.8 Å². The summed E-state index contributed by atoms with van der Waals surface area (Å²) < 4.78 is 0. The van der Waals surface area contributed by atoms with Gasteiger partial charge in [-0.15, -0.1) is 0 Å². The Morgan fingerprint density at radius 3 is 2.31 bits per heavy atom. The number of nitrogens with zero attached hydrogens (tertiary/aromatic N) is 1. The fourth-order valence-electron chi connectivity index (χ4n) is 3.58. The average Bonchev–Trinajstić information content (AvgIpc) is 2.72. The summed E-state index contributed by atoms with van der Waals surface area (Å²) in [6.45, 7) is 1.40. The van der Waals surface area contributed by atoms with Gasteiger partial charge in [0.05, 0.1) is 12.5 Å². The molecule has 3 heteroatoms. The fraction of sp³-hybridized carbons (Fsp3) is 0.174. The van der Waals surface area contributed by atoms with E-state index in [2.05, 4.69) is 29.6 Å². The minimum atomic E-state index is -0.114. The Balaban J connectivity index is 1.69. The number of para-hydroxylation sites is 2. The molecule has 0 aromatic heterocycles. The Morgan fingerprint density at radius 2 is 1.54 bits per heavy atom. The Bertz CT molecular complexity index is 877. The SMILES string of the molecule is O=C(C1CCNc2ccccc21)N(Cc1ccccc1)c1ccccc1. The summed E-state index contributed by atoms with van der Waals surface area (Å²) in [6.07, 6.45) is 0.813. The molecule has 3 aromatic carbocycles. The summed E-state index contributed by atoms with van der Waals surface area (Å²) >= 11 is 0. The molecule has 0 saturated heterocycles. The van der Waals surface area contributed by atoms with Crippen LogP contribution in [0.15, 0.2) is 84.9 Å². The Kier molecular flexibility index (Phi) is 4.69. The molecule has 3 aromatic rings. The molecule has 1 atom stereocenters. The molecule has 1 aliphatic heterocycles. The zero-order chi connectivity index (χ0) is 17.8. The normalized spacial score (nSPS) is 15.6. The van der Waals surface area contributed by atoms with Crippen molar-refractivity contribution in [2.24, 2.45) is 0 Å². The van der Waals surface area contributed by atoms with E-state index >= 15 is 0 Å². The lowest BCUT2D eigenvalue weighted by Gasteiger charge is -2.31. The van der Waals surface area contributed by atoms with Crippen molar-refractivity contribution in [1.29, 1.82) is 0 Å². The number of hydrogen-bond acceptors (Lipinski definition) is 2. The molecule has 0 spiro atoms. The smallest absolute Gasteiger partial charge is 0.234 e. The van der Waals surface area contributed by atoms with Gasteiger partial charge in [-0.05, 0) is 35.7 Å². The van der Waals surface area contributed by atoms with Gasteiger partial charge in [-0.3, -0.25) is 4.79 Å². The van der Waals surface area contributed by atoms with E-state index in [9.17, 15) is 4.79 Å². The molecule has 0 radical (unpaired) electrons. The molecule has 26 heavy (non-hydrogen) atoms. The van der Waals surface area contributed by atoms with Crippen LogP contribution in [0.4, 0.5) is 11.4 Å². The molecule has 4 rings (SSSR count). The molecule has 1 N–H and O–H groups in total. The number of fused-ring (bicyclic) bond motifs is 1. The summed E-state index contributed by atoms with van der Waals surface area (Å²) in [4.78, 5) is 15.5. The second kappa shape index (κ2) is 7.44. The first-order valence-corrected chi connectivity index (χ1v) is 9.06. The van der Waals surface area contributed by atoms with Gasteiger partial charge in [0.2, 0.25) is 5.91 Å². The number of nitrogens with one attached hydrogen (secondary N) is 1. The van der Waals surface area contributed by atoms with Crippen molar-refractivity contribution >= 4 is 17.3 Å². The number of benzene rings is 3. The number of rotatable bonds is 4. The largest absolute Gasteiger partial charge is 0.385 e. The molecule has 0 bridgehead atoms. The minimum absolute atomic E-state index is 0.114. The highest BCUT2D eigenvalue weighted by Crippen LogP contribution is 2.34. The first-order valence-electron chi connectivity index (χ1n) is 9.06. The van der Waals surface area contributed by atoms with Gasteiger partial charge in [-0.1, -0.05) is 66.7 Å². The van der Waals surface area contributed by atoms with Crippen molar-refractivity contribution in [3.63, 3.8) is 0 Å². The van der Waals surface area contributed by atoms with Gasteiger partial charge in [0.15, 0.2) is 0 Å². The van der Waals surface area contributed by atoms with Crippen molar-refractivity contribution in [2.75, 3.05) is 16.8 Å². The van der Waals surface area contributed by atoms with Crippen LogP contribution in [-0.4, -0.2) is 12.5 Å². The van der Waals surface area contributed by atoms with E-state index in [1.54, 1.807) is 0 Å². The molecule has 0 fully saturated rings. The monoisotopic (exact) mass is 342 g/mol. The first kappa shape index (κ1) is 16.4. The minimum Gasteiger partial charge on any atom is -0.385 e. The van der Waals surface area contributed by atoms with Crippen molar-refractivity contribution < 1.29 is 4.79 Å². The second-order valence-electron chi connectivity index (χ2n) is 6.60. The zero-order valence-electron chi connectivity index (χ0n) is 14.6. The van der Waals surface area contributed by atoms with Crippen molar-refractivity contribution in [1.82, 2.24) is 0 Å². The van der Waals surface area contributed by atoms with Gasteiger partial charge in [0.25, 0.3) is 0 Å². The number of carbonyl (C=O) groups excluding carboxylic acids is 1. The van der Waals surface area contributed by atoms with Crippen molar-refractivity contribution in [3.05, 3.63) is 96.1 Å². The lowest BCUT2D eigenvalue weighted by molar-refractivity contribution is -0.120. The van der Waals surface area contributed by atoms with E-state index in [1.165, 1.54) is 0 Å². The predicted molar refractivity (Wildman–Crippen MR) is 106 cm³/mol. The maximum Gasteiger partial charge on any atom is 0.234 e. The summed E-state index contributed by atoms with van der Waals surface area (Å²) in [5.74, 6) is 0.0466. The van der Waals surface area contributed by atoms with Crippen molar-refractivity contribution in [3.8, 4) is 0 Å². The van der Waals surface area contributed by atoms with Crippen LogP contribution in [0.3, 0.4) is 0 Å². The lowest BCUT2D eigenvalue weighted by atomic mass is 9.89. The highest BCUT2D eigenvalue weighted by Gasteiger charge is 2.30. The quantitative estimate of drug-likeness (QED) is 0.737. The van der Waals surface area contributed by atoms with Crippen LogP contribution in [0, 0.1) is 0 Å². The Hall–Kier alpha value is -3.07. The van der Waals surface area contributed by atoms with Crippen LogP contribution in [0.1, 0.15) is 23.5 Å². The molecular weight excluding hydrogens is 320 g/mol. The zero-order valence-corrected chi connectivity index (χ0v) is 14.6. The molecular formula is C23H22N2O. The van der Waals surface area contributed by atoms with Gasteiger partial charge < -0.3 is 10.2 Å². The van der Waals surface area contributed by atoms with E-state index in [1.807, 2.05) is 65.6 Å². The van der Waals surface area contributed by atoms with Gasteiger partial charge in [0, 0.05) is 17.9 Å². The molecule has 0 aliphatic carbocycles. The molecule has 1 aliphatic rings. The van der Waals surface area contributed by atoms with E-state index in [4.69, 9.17) is 0 Å². The van der Waals surface area contributed by atoms with Crippen molar-refractivity contribution in [2.45, 2.75) is 18.9 Å². The standard InChI is InChI=1S/C23H22N2O/c26-23(21-15-16-24-22-14-8-7-13-20(21)22)25(19-11-5-2-6-12-19)17-18-9-3-1-4-10-18/h1-14,21,24H,15-17H2. The average molecular weight is 342 g/mol. The van der Waals surface area contributed by atoms with Gasteiger partial charge in [-0.2, -0.15) is 0 Å². The highest BCUT2D eigenvalue weighted by molar-refractivity contribution is 5.99. The summed E-state index contributed by atoms with van der Waals surface area (Å²) in [6, 6.07) is 28.3. The number of hydrogen-bond donors (Lipinski definition) is 1. The van der Waals surface area contributed by atoms with E-state index in [0.717, 1.165) is 35.5 Å². The van der Waals surface area contributed by atoms with Gasteiger partial charge in [0.1, 0.15) is 0 Å². The van der Waals surface area contributed by atoms with E-state index in [0.29, 0.717) is 6.54 Å². The Morgan fingerprint density at radius 1 is 0.885 bits per heavy atom. The maximum atomic E-state index is 13.6. The molecule has 0 saturated carbocycles. The first-order chi connectivity index (χ1) is 12.8.